The normalized spacial score (nSPS) is 15.0. The van der Waals surface area contributed by atoms with Crippen molar-refractivity contribution in [3.05, 3.63) is 71.8 Å². The monoisotopic (exact) mass is 679 g/mol. The lowest BCUT2D eigenvalue weighted by molar-refractivity contribution is -0.165. The number of Topliss-reactive ketones (excluding diaryl/α,β-unsaturated/α-hetero) is 2. The lowest BCUT2D eigenvalue weighted by atomic mass is 9.87. The third kappa shape index (κ3) is 11.0. The molecule has 0 radical (unpaired) electrons. The lowest BCUT2D eigenvalue weighted by Gasteiger charge is -2.36. The van der Waals surface area contributed by atoms with Crippen LogP contribution in [-0.2, 0) is 51.1 Å². The molecule has 1 aliphatic rings. The molecule has 1 fully saturated rings. The minimum absolute atomic E-state index is 0.0162. The summed E-state index contributed by atoms with van der Waals surface area (Å²) in [6.45, 7) is 6.16. The van der Waals surface area contributed by atoms with Gasteiger partial charge in [0, 0.05) is 25.5 Å². The van der Waals surface area contributed by atoms with Crippen molar-refractivity contribution in [1.82, 2.24) is 4.90 Å². The third-order valence-corrected chi connectivity index (χ3v) is 8.33. The summed E-state index contributed by atoms with van der Waals surface area (Å²) in [6.07, 6.45) is 2.15. The summed E-state index contributed by atoms with van der Waals surface area (Å²) < 4.78 is 21.9. The van der Waals surface area contributed by atoms with E-state index in [0.717, 1.165) is 11.6 Å². The van der Waals surface area contributed by atoms with Crippen LogP contribution in [0.15, 0.2) is 55.1 Å². The van der Waals surface area contributed by atoms with E-state index < -0.39 is 47.2 Å². The number of carboxylic acid groups (broad SMARTS) is 1. The summed E-state index contributed by atoms with van der Waals surface area (Å²) >= 11 is 0. The number of likely N-dealkylation sites (tertiary alicyclic amines) is 1. The highest BCUT2D eigenvalue weighted by molar-refractivity contribution is 6.38. The topological polar surface area (TPSA) is 163 Å². The number of amides is 1. The maximum Gasteiger partial charge on any atom is 0.330 e. The van der Waals surface area contributed by atoms with Crippen molar-refractivity contribution in [3.63, 3.8) is 0 Å². The summed E-state index contributed by atoms with van der Waals surface area (Å²) in [5, 5.41) is 8.95. The van der Waals surface area contributed by atoms with E-state index in [0.29, 0.717) is 54.7 Å². The number of carboxylic acids is 1. The largest absolute Gasteiger partial charge is 0.493 e. The van der Waals surface area contributed by atoms with Gasteiger partial charge in [-0.3, -0.25) is 19.2 Å². The van der Waals surface area contributed by atoms with E-state index in [1.165, 1.54) is 33.0 Å². The number of methoxy groups -OCH3 is 2. The number of rotatable bonds is 18. The first kappa shape index (κ1) is 38.4. The molecule has 1 amide bonds. The van der Waals surface area contributed by atoms with Crippen molar-refractivity contribution >= 4 is 35.4 Å². The molecule has 2 aromatic carbocycles. The van der Waals surface area contributed by atoms with Gasteiger partial charge in [-0.15, -0.1) is 0 Å². The number of piperidine rings is 1. The molecular weight excluding hydrogens is 634 g/mol. The second kappa shape index (κ2) is 18.0. The van der Waals surface area contributed by atoms with Crippen LogP contribution in [-0.4, -0.2) is 78.8 Å². The van der Waals surface area contributed by atoms with E-state index in [1.54, 1.807) is 30.3 Å². The van der Waals surface area contributed by atoms with Crippen LogP contribution in [0.5, 0.6) is 11.5 Å². The smallest absolute Gasteiger partial charge is 0.330 e. The first-order chi connectivity index (χ1) is 23.3. The number of benzene rings is 2. The summed E-state index contributed by atoms with van der Waals surface area (Å²) in [4.78, 5) is 76.9. The number of aliphatic carboxylic acids is 1. The Bertz CT molecular complexity index is 1550. The first-order valence-corrected chi connectivity index (χ1v) is 16.2. The molecular formula is C37H45NO11. The second-order valence-electron chi connectivity index (χ2n) is 12.5. The number of hydrogen-bond donors (Lipinski definition) is 1. The Balaban J connectivity index is 1.86. The highest BCUT2D eigenvalue weighted by atomic mass is 16.5. The number of aryl methyl sites for hydroxylation is 1. The summed E-state index contributed by atoms with van der Waals surface area (Å²) in [7, 11) is 3.07. The van der Waals surface area contributed by atoms with Crippen molar-refractivity contribution in [1.29, 1.82) is 0 Å². The zero-order chi connectivity index (χ0) is 36.1. The quantitative estimate of drug-likeness (QED) is 0.133. The maximum atomic E-state index is 13.9. The number of esters is 2. The molecule has 264 valence electrons. The Morgan fingerprint density at radius 3 is 2.39 bits per heavy atom. The average Bonchev–Trinajstić information content (AvgIpc) is 3.10. The molecule has 0 spiro atoms. The molecule has 2 atom stereocenters. The molecule has 49 heavy (non-hydrogen) atoms. The van der Waals surface area contributed by atoms with E-state index in [-0.39, 0.29) is 38.2 Å². The van der Waals surface area contributed by atoms with Crippen LogP contribution in [0, 0.1) is 5.41 Å². The molecule has 1 saturated heterocycles. The van der Waals surface area contributed by atoms with Crippen LogP contribution in [0.25, 0.3) is 0 Å². The highest BCUT2D eigenvalue weighted by Gasteiger charge is 2.42. The molecule has 1 aliphatic heterocycles. The van der Waals surface area contributed by atoms with Crippen LogP contribution in [0.1, 0.15) is 75.2 Å². The van der Waals surface area contributed by atoms with Crippen LogP contribution in [0.2, 0.25) is 0 Å². The number of hydrogen-bond acceptors (Lipinski definition) is 10. The minimum atomic E-state index is -1.34. The lowest BCUT2D eigenvalue weighted by Crippen LogP contribution is -2.53. The molecule has 0 unspecified atom stereocenters. The van der Waals surface area contributed by atoms with Gasteiger partial charge in [-0.2, -0.15) is 0 Å². The summed E-state index contributed by atoms with van der Waals surface area (Å²) in [6, 6.07) is 11.5. The van der Waals surface area contributed by atoms with E-state index in [4.69, 9.17) is 24.1 Å². The SMILES string of the molecule is C=CC(=O)OCC(C)(C)C(=O)C(=O)N1CCCC[C@H]1C(=O)O[C@H](CCc1ccc(OC)c(OC)c1)c1cccc(CC(=O)CCC(=O)O)c1. The Hall–Kier alpha value is -5.00. The number of ether oxygens (including phenoxy) is 4. The van der Waals surface area contributed by atoms with E-state index in [2.05, 4.69) is 6.58 Å². The van der Waals surface area contributed by atoms with Gasteiger partial charge in [-0.25, -0.2) is 9.59 Å². The summed E-state index contributed by atoms with van der Waals surface area (Å²) in [5.74, 6) is -3.23. The summed E-state index contributed by atoms with van der Waals surface area (Å²) in [5.41, 5.74) is 0.802. The fraction of sp³-hybridized carbons (Fsp3) is 0.459. The van der Waals surface area contributed by atoms with Crippen molar-refractivity contribution in [3.8, 4) is 11.5 Å². The van der Waals surface area contributed by atoms with Crippen LogP contribution < -0.4 is 9.47 Å². The highest BCUT2D eigenvalue weighted by Crippen LogP contribution is 2.32. The van der Waals surface area contributed by atoms with E-state index in [1.807, 2.05) is 12.1 Å². The van der Waals surface area contributed by atoms with Gasteiger partial charge >= 0.3 is 17.9 Å². The molecule has 0 bridgehead atoms. The van der Waals surface area contributed by atoms with Gasteiger partial charge in [-0.1, -0.05) is 36.9 Å². The molecule has 2 aromatic rings. The molecule has 0 saturated carbocycles. The zero-order valence-electron chi connectivity index (χ0n) is 28.5. The molecule has 0 aliphatic carbocycles. The molecule has 0 aromatic heterocycles. The fourth-order valence-corrected chi connectivity index (χ4v) is 5.53. The molecule has 3 rings (SSSR count). The van der Waals surface area contributed by atoms with E-state index >= 15 is 0 Å². The van der Waals surface area contributed by atoms with Crippen LogP contribution >= 0.6 is 0 Å². The van der Waals surface area contributed by atoms with Gasteiger partial charge in [-0.05, 0) is 74.8 Å². The number of carbonyl (C=O) groups is 6. The Labute approximate surface area is 286 Å². The molecule has 12 heteroatoms. The Morgan fingerprint density at radius 2 is 1.71 bits per heavy atom. The minimum Gasteiger partial charge on any atom is -0.493 e. The van der Waals surface area contributed by atoms with Gasteiger partial charge in [0.15, 0.2) is 11.5 Å². The predicted octanol–water partition coefficient (Wildman–Crippen LogP) is 4.60. The average molecular weight is 680 g/mol. The van der Waals surface area contributed by atoms with Gasteiger partial charge in [0.2, 0.25) is 5.78 Å². The van der Waals surface area contributed by atoms with Crippen molar-refractivity contribution < 1.29 is 52.8 Å². The fourth-order valence-electron chi connectivity index (χ4n) is 5.53. The van der Waals surface area contributed by atoms with Crippen LogP contribution in [0.3, 0.4) is 0 Å². The van der Waals surface area contributed by atoms with Crippen LogP contribution in [0.4, 0.5) is 0 Å². The maximum absolute atomic E-state index is 13.9. The standard InChI is InChI=1S/C37H45NO11/c1-6-33(42)48-23-37(2,3)34(43)35(44)38-19-8-7-12-28(38)36(45)49-29(16-13-24-14-17-30(46-4)31(22-24)47-5)26-11-9-10-25(20-26)21-27(39)15-18-32(40)41/h6,9-11,14,17,20,22,28-29H,1,7-8,12-13,15-16,18-19,21,23H2,2-5H3,(H,40,41)/t28-,29+/m0/s1. The van der Waals surface area contributed by atoms with Crippen molar-refractivity contribution in [2.75, 3.05) is 27.4 Å². The zero-order valence-corrected chi connectivity index (χ0v) is 28.5. The van der Waals surface area contributed by atoms with E-state index in [9.17, 15) is 28.8 Å². The predicted molar refractivity (Wildman–Crippen MR) is 178 cm³/mol. The van der Waals surface area contributed by atoms with Gasteiger partial charge < -0.3 is 29.0 Å². The van der Waals surface area contributed by atoms with Gasteiger partial charge in [0.05, 0.1) is 26.1 Å². The molecule has 1 heterocycles. The Morgan fingerprint density at radius 1 is 0.980 bits per heavy atom. The van der Waals surface area contributed by atoms with Gasteiger partial charge in [0.25, 0.3) is 5.91 Å². The van der Waals surface area contributed by atoms with Crippen molar-refractivity contribution in [2.24, 2.45) is 5.41 Å². The molecule has 12 nitrogen and oxygen atoms in total. The van der Waals surface area contributed by atoms with Crippen molar-refractivity contribution in [2.45, 2.75) is 77.4 Å². The van der Waals surface area contributed by atoms with Gasteiger partial charge in [0.1, 0.15) is 24.5 Å². The third-order valence-electron chi connectivity index (χ3n) is 8.33. The second-order valence-corrected chi connectivity index (χ2v) is 12.5. The number of nitrogens with zero attached hydrogens (tertiary/aromatic N) is 1. The number of carbonyl (C=O) groups excluding carboxylic acids is 5. The molecule has 1 N–H and O–H groups in total. The number of ketones is 2. The first-order valence-electron chi connectivity index (χ1n) is 16.2. The Kier molecular flexibility index (Phi) is 14.1.